The van der Waals surface area contributed by atoms with Crippen LogP contribution in [0.15, 0.2) is 22.4 Å². The van der Waals surface area contributed by atoms with E-state index in [1.54, 1.807) is 32.4 Å². The van der Waals surface area contributed by atoms with Crippen LogP contribution in [0.2, 0.25) is 0 Å². The molecule has 0 aromatic carbocycles. The Balaban J connectivity index is 2.32. The van der Waals surface area contributed by atoms with Gasteiger partial charge in [0.2, 0.25) is 10.0 Å². The second kappa shape index (κ2) is 6.04. The van der Waals surface area contributed by atoms with Crippen LogP contribution in [0.5, 0.6) is 0 Å². The zero-order valence-corrected chi connectivity index (χ0v) is 13.3. The first-order valence-electron chi connectivity index (χ1n) is 6.14. The van der Waals surface area contributed by atoms with Gasteiger partial charge in [0.1, 0.15) is 4.90 Å². The van der Waals surface area contributed by atoms with Crippen LogP contribution in [0.3, 0.4) is 0 Å². The summed E-state index contributed by atoms with van der Waals surface area (Å²) in [6, 6.07) is 3.84. The van der Waals surface area contributed by atoms with Crippen LogP contribution >= 0.6 is 11.3 Å². The Kier molecular flexibility index (Phi) is 4.59. The normalized spacial score (nSPS) is 12.2. The van der Waals surface area contributed by atoms with Gasteiger partial charge >= 0.3 is 0 Å². The molecule has 0 saturated carbocycles. The Hall–Kier alpha value is -1.22. The van der Waals surface area contributed by atoms with E-state index < -0.39 is 10.0 Å². The number of rotatable bonds is 6. The third-order valence-electron chi connectivity index (χ3n) is 2.93. The number of nitrogens with zero attached hydrogens (tertiary/aromatic N) is 2. The molecule has 6 nitrogen and oxygen atoms in total. The maximum Gasteiger partial charge on any atom is 0.246 e. The first-order chi connectivity index (χ1) is 9.46. The summed E-state index contributed by atoms with van der Waals surface area (Å²) in [4.78, 5) is 1.28. The predicted molar refractivity (Wildman–Crippen MR) is 79.1 cm³/mol. The van der Waals surface area contributed by atoms with Crippen LogP contribution in [-0.4, -0.2) is 37.0 Å². The number of hydrogen-bond acceptors (Lipinski definition) is 5. The van der Waals surface area contributed by atoms with E-state index in [0.29, 0.717) is 24.5 Å². The van der Waals surface area contributed by atoms with E-state index in [-0.39, 0.29) is 4.90 Å². The zero-order valence-electron chi connectivity index (χ0n) is 11.7. The van der Waals surface area contributed by atoms with Gasteiger partial charge in [-0.15, -0.1) is 11.3 Å². The summed E-state index contributed by atoms with van der Waals surface area (Å²) < 4.78 is 26.7. The number of thiophene rings is 1. The average Bonchev–Trinajstić information content (AvgIpc) is 3.00. The average molecular weight is 314 g/mol. The van der Waals surface area contributed by atoms with Gasteiger partial charge < -0.3 is 5.32 Å². The van der Waals surface area contributed by atoms with Crippen LogP contribution in [0, 0.1) is 6.92 Å². The minimum atomic E-state index is -3.55. The summed E-state index contributed by atoms with van der Waals surface area (Å²) in [5.74, 6) is 0. The molecule has 0 aliphatic carbocycles. The number of H-pyrrole nitrogens is 1. The highest BCUT2D eigenvalue weighted by Crippen LogP contribution is 2.23. The van der Waals surface area contributed by atoms with E-state index in [2.05, 4.69) is 15.5 Å². The molecule has 0 saturated heterocycles. The van der Waals surface area contributed by atoms with Crippen molar-refractivity contribution in [2.75, 3.05) is 14.1 Å². The second-order valence-electron chi connectivity index (χ2n) is 4.50. The Labute approximate surface area is 122 Å². The highest BCUT2D eigenvalue weighted by molar-refractivity contribution is 7.89. The van der Waals surface area contributed by atoms with Gasteiger partial charge in [-0.25, -0.2) is 8.42 Å². The van der Waals surface area contributed by atoms with Crippen molar-refractivity contribution in [3.8, 4) is 0 Å². The third kappa shape index (κ3) is 2.93. The van der Waals surface area contributed by atoms with Gasteiger partial charge in [0.25, 0.3) is 0 Å². The lowest BCUT2D eigenvalue weighted by molar-refractivity contribution is 0.468. The highest BCUT2D eigenvalue weighted by atomic mass is 32.2. The van der Waals surface area contributed by atoms with Gasteiger partial charge in [-0.1, -0.05) is 6.07 Å². The molecule has 0 aliphatic heterocycles. The highest BCUT2D eigenvalue weighted by Gasteiger charge is 2.28. The van der Waals surface area contributed by atoms with E-state index in [1.807, 2.05) is 17.5 Å². The summed E-state index contributed by atoms with van der Waals surface area (Å²) >= 11 is 1.54. The van der Waals surface area contributed by atoms with Crippen molar-refractivity contribution < 1.29 is 8.42 Å². The fourth-order valence-corrected chi connectivity index (χ4v) is 4.27. The molecular formula is C12H18N4O2S2. The SMILES string of the molecule is CNCc1n[nH]c(C)c1S(=O)(=O)N(C)Cc1cccs1. The van der Waals surface area contributed by atoms with Gasteiger partial charge in [-0.3, -0.25) is 5.10 Å². The Morgan fingerprint density at radius 3 is 2.85 bits per heavy atom. The summed E-state index contributed by atoms with van der Waals surface area (Å²) in [6.07, 6.45) is 0. The van der Waals surface area contributed by atoms with Crippen molar-refractivity contribution in [2.45, 2.75) is 24.9 Å². The minimum Gasteiger partial charge on any atom is -0.314 e. The van der Waals surface area contributed by atoms with Gasteiger partial charge in [0.15, 0.2) is 0 Å². The van der Waals surface area contributed by atoms with Gasteiger partial charge in [-0.05, 0) is 25.4 Å². The molecule has 0 atom stereocenters. The molecule has 0 unspecified atom stereocenters. The minimum absolute atomic E-state index is 0.269. The van der Waals surface area contributed by atoms with E-state index in [4.69, 9.17) is 0 Å². The first-order valence-corrected chi connectivity index (χ1v) is 8.46. The summed E-state index contributed by atoms with van der Waals surface area (Å²) in [5, 5.41) is 11.7. The number of aromatic amines is 1. The van der Waals surface area contributed by atoms with Gasteiger partial charge in [0, 0.05) is 25.0 Å². The summed E-state index contributed by atoms with van der Waals surface area (Å²) in [7, 11) is -0.201. The standard InChI is InChI=1S/C12H18N4O2S2/c1-9-12(11(7-13-2)15-14-9)20(17,18)16(3)8-10-5-4-6-19-10/h4-6,13H,7-8H2,1-3H3,(H,14,15). The lowest BCUT2D eigenvalue weighted by atomic mass is 10.4. The molecular weight excluding hydrogens is 296 g/mol. The second-order valence-corrected chi connectivity index (χ2v) is 7.51. The largest absolute Gasteiger partial charge is 0.314 e. The van der Waals surface area contributed by atoms with E-state index >= 15 is 0 Å². The van der Waals surface area contributed by atoms with Crippen molar-refractivity contribution in [3.63, 3.8) is 0 Å². The van der Waals surface area contributed by atoms with Crippen LogP contribution in [-0.2, 0) is 23.1 Å². The number of hydrogen-bond donors (Lipinski definition) is 2. The van der Waals surface area contributed by atoms with Crippen LogP contribution in [0.1, 0.15) is 16.3 Å². The molecule has 20 heavy (non-hydrogen) atoms. The smallest absolute Gasteiger partial charge is 0.246 e. The fraction of sp³-hybridized carbons (Fsp3) is 0.417. The zero-order chi connectivity index (χ0) is 14.8. The monoisotopic (exact) mass is 314 g/mol. The van der Waals surface area contributed by atoms with Gasteiger partial charge in [-0.2, -0.15) is 9.40 Å². The van der Waals surface area contributed by atoms with Crippen LogP contribution in [0.25, 0.3) is 0 Å². The Bertz CT molecular complexity index is 662. The molecule has 2 N–H and O–H groups in total. The van der Waals surface area contributed by atoms with E-state index in [0.717, 1.165) is 4.88 Å². The van der Waals surface area contributed by atoms with Gasteiger partial charge in [0.05, 0.1) is 11.4 Å². The molecule has 0 amide bonds. The van der Waals surface area contributed by atoms with Crippen LogP contribution in [0.4, 0.5) is 0 Å². The maximum atomic E-state index is 12.7. The van der Waals surface area contributed by atoms with Crippen molar-refractivity contribution in [2.24, 2.45) is 0 Å². The molecule has 0 radical (unpaired) electrons. The van der Waals surface area contributed by atoms with E-state index in [9.17, 15) is 8.42 Å². The molecule has 0 bridgehead atoms. The molecule has 0 fully saturated rings. The molecule has 0 aliphatic rings. The molecule has 2 rings (SSSR count). The van der Waals surface area contributed by atoms with Crippen molar-refractivity contribution >= 4 is 21.4 Å². The predicted octanol–water partition coefficient (Wildman–Crippen LogP) is 1.32. The molecule has 8 heteroatoms. The first kappa shape index (κ1) is 15.2. The number of aryl methyl sites for hydroxylation is 1. The van der Waals surface area contributed by atoms with Crippen molar-refractivity contribution in [1.82, 2.24) is 19.8 Å². The fourth-order valence-electron chi connectivity index (χ4n) is 1.96. The number of aromatic nitrogens is 2. The van der Waals surface area contributed by atoms with Crippen LogP contribution < -0.4 is 5.32 Å². The Morgan fingerprint density at radius 1 is 1.50 bits per heavy atom. The quantitative estimate of drug-likeness (QED) is 0.843. The van der Waals surface area contributed by atoms with Crippen molar-refractivity contribution in [3.05, 3.63) is 33.8 Å². The molecule has 2 heterocycles. The third-order valence-corrected chi connectivity index (χ3v) is 5.80. The lowest BCUT2D eigenvalue weighted by Crippen LogP contribution is -2.27. The maximum absolute atomic E-state index is 12.7. The number of nitrogens with one attached hydrogen (secondary N) is 2. The van der Waals surface area contributed by atoms with Crippen molar-refractivity contribution in [1.29, 1.82) is 0 Å². The summed E-state index contributed by atoms with van der Waals surface area (Å²) in [5.41, 5.74) is 1.08. The molecule has 110 valence electrons. The van der Waals surface area contributed by atoms with E-state index in [1.165, 1.54) is 4.31 Å². The number of sulfonamides is 1. The molecule has 0 spiro atoms. The summed E-state index contributed by atoms with van der Waals surface area (Å²) in [6.45, 7) is 2.49. The topological polar surface area (TPSA) is 78.1 Å². The Morgan fingerprint density at radius 2 is 2.25 bits per heavy atom. The lowest BCUT2D eigenvalue weighted by Gasteiger charge is -2.17. The molecule has 2 aromatic rings. The molecule has 2 aromatic heterocycles.